The summed E-state index contributed by atoms with van der Waals surface area (Å²) < 4.78 is 12.3. The van der Waals surface area contributed by atoms with Crippen molar-refractivity contribution in [2.75, 3.05) is 19.7 Å². The number of ether oxygens (including phenoxy) is 1. The van der Waals surface area contributed by atoms with Crippen LogP contribution in [0, 0.1) is 12.8 Å². The Morgan fingerprint density at radius 1 is 1.30 bits per heavy atom. The summed E-state index contributed by atoms with van der Waals surface area (Å²) in [5.41, 5.74) is 2.04. The van der Waals surface area contributed by atoms with Crippen LogP contribution < -0.4 is 16.6 Å². The first-order valence-corrected chi connectivity index (χ1v) is 9.75. The first-order valence-electron chi connectivity index (χ1n) is 9.37. The number of aromatic amines is 1. The molecule has 4 rings (SSSR count). The summed E-state index contributed by atoms with van der Waals surface area (Å²) in [6.45, 7) is 4.42. The second-order valence-corrected chi connectivity index (χ2v) is 7.49. The van der Waals surface area contributed by atoms with Crippen molar-refractivity contribution in [1.82, 2.24) is 20.0 Å². The molecule has 0 bridgehead atoms. The Bertz CT molecular complexity index is 1120. The second kappa shape index (κ2) is 9.61. The summed E-state index contributed by atoms with van der Waals surface area (Å²) in [5, 5.41) is 7.71. The normalized spacial score (nSPS) is 19.1. The zero-order valence-electron chi connectivity index (χ0n) is 16.3. The minimum Gasteiger partial charge on any atom is -0.372 e. The van der Waals surface area contributed by atoms with Crippen molar-refractivity contribution in [3.63, 3.8) is 0 Å². The van der Waals surface area contributed by atoms with Gasteiger partial charge in [0.05, 0.1) is 18.3 Å². The Labute approximate surface area is 183 Å². The third-order valence-electron chi connectivity index (χ3n) is 5.07. The molecule has 0 amide bonds. The monoisotopic (exact) mass is 452 g/mol. The lowest BCUT2D eigenvalue weighted by molar-refractivity contribution is 0.0250. The molecular weight excluding hydrogens is 431 g/mol. The number of aryl methyl sites for hydroxylation is 1. The number of benzene rings is 1. The molecule has 3 heterocycles. The van der Waals surface area contributed by atoms with Crippen LogP contribution in [-0.2, 0) is 11.3 Å². The fraction of sp³-hybridized carbons (Fsp3) is 0.350. The number of halogens is 2. The second-order valence-electron chi connectivity index (χ2n) is 7.09. The minimum absolute atomic E-state index is 0. The van der Waals surface area contributed by atoms with E-state index in [-0.39, 0.29) is 41.4 Å². The van der Waals surface area contributed by atoms with Gasteiger partial charge in [-0.2, -0.15) is 0 Å². The molecule has 1 fully saturated rings. The van der Waals surface area contributed by atoms with E-state index in [0.717, 1.165) is 17.7 Å². The summed E-state index contributed by atoms with van der Waals surface area (Å²) in [7, 11) is 0. The molecule has 1 aliphatic rings. The molecule has 3 aromatic rings. The van der Waals surface area contributed by atoms with Crippen molar-refractivity contribution in [1.29, 1.82) is 0 Å². The topological polar surface area (TPSA) is 102 Å². The number of pyridine rings is 1. The maximum absolute atomic E-state index is 13.0. The summed E-state index contributed by atoms with van der Waals surface area (Å²) >= 11 is 6.18. The van der Waals surface area contributed by atoms with Gasteiger partial charge >= 0.3 is 5.76 Å². The van der Waals surface area contributed by atoms with Crippen LogP contribution >= 0.6 is 24.0 Å². The lowest BCUT2D eigenvalue weighted by Crippen LogP contribution is -2.32. The summed E-state index contributed by atoms with van der Waals surface area (Å²) in [6, 6.07) is 9.23. The fourth-order valence-electron chi connectivity index (χ4n) is 3.62. The average molecular weight is 453 g/mol. The third-order valence-corrected chi connectivity index (χ3v) is 5.49. The first-order chi connectivity index (χ1) is 14.0. The Balaban J connectivity index is 0.00000256. The van der Waals surface area contributed by atoms with Crippen molar-refractivity contribution in [3.05, 3.63) is 73.6 Å². The molecular formula is C20H22Cl2N4O4. The Morgan fingerprint density at radius 3 is 2.87 bits per heavy atom. The molecule has 2 atom stereocenters. The number of H-pyrrole nitrogens is 1. The molecule has 10 heteroatoms. The van der Waals surface area contributed by atoms with Crippen molar-refractivity contribution in [3.8, 4) is 11.4 Å². The highest BCUT2D eigenvalue weighted by atomic mass is 35.5. The molecule has 2 aromatic heterocycles. The average Bonchev–Trinajstić information content (AvgIpc) is 3.00. The highest BCUT2D eigenvalue weighted by molar-refractivity contribution is 6.31. The van der Waals surface area contributed by atoms with Crippen molar-refractivity contribution in [2.45, 2.75) is 19.6 Å². The number of nitrogens with zero attached hydrogens (tertiary/aromatic N) is 2. The summed E-state index contributed by atoms with van der Waals surface area (Å²) in [6.07, 6.45) is 1.54. The van der Waals surface area contributed by atoms with Crippen LogP contribution in [0.2, 0.25) is 5.02 Å². The van der Waals surface area contributed by atoms with Gasteiger partial charge in [0.1, 0.15) is 0 Å². The van der Waals surface area contributed by atoms with Crippen LogP contribution in [0.3, 0.4) is 0 Å². The van der Waals surface area contributed by atoms with Crippen LogP contribution in [0.15, 0.2) is 50.6 Å². The van der Waals surface area contributed by atoms with Gasteiger partial charge in [0.15, 0.2) is 5.82 Å². The summed E-state index contributed by atoms with van der Waals surface area (Å²) in [5.74, 6) is -0.564. The van der Waals surface area contributed by atoms with Gasteiger partial charge in [-0.05, 0) is 36.2 Å². The lowest BCUT2D eigenvalue weighted by atomic mass is 9.94. The van der Waals surface area contributed by atoms with Crippen LogP contribution in [-0.4, -0.2) is 34.4 Å². The van der Waals surface area contributed by atoms with Gasteiger partial charge < -0.3 is 14.6 Å². The van der Waals surface area contributed by atoms with E-state index in [4.69, 9.17) is 16.3 Å². The largest absolute Gasteiger partial charge is 0.439 e. The van der Waals surface area contributed by atoms with Crippen LogP contribution in [0.5, 0.6) is 0 Å². The van der Waals surface area contributed by atoms with Crippen molar-refractivity contribution >= 4 is 24.0 Å². The quantitative estimate of drug-likeness (QED) is 0.630. The van der Waals surface area contributed by atoms with Crippen molar-refractivity contribution in [2.24, 2.45) is 5.92 Å². The van der Waals surface area contributed by atoms with Crippen LogP contribution in [0.25, 0.3) is 11.4 Å². The van der Waals surface area contributed by atoms with Gasteiger partial charge in [-0.25, -0.2) is 4.79 Å². The molecule has 0 saturated carbocycles. The molecule has 1 aromatic carbocycles. The molecule has 160 valence electrons. The number of aromatic nitrogens is 3. The Morgan fingerprint density at radius 2 is 2.13 bits per heavy atom. The molecule has 8 nitrogen and oxygen atoms in total. The predicted molar refractivity (Wildman–Crippen MR) is 115 cm³/mol. The minimum atomic E-state index is -0.700. The summed E-state index contributed by atoms with van der Waals surface area (Å²) in [4.78, 5) is 26.6. The van der Waals surface area contributed by atoms with Crippen LogP contribution in [0.4, 0.5) is 0 Å². The van der Waals surface area contributed by atoms with Crippen molar-refractivity contribution < 1.29 is 9.26 Å². The van der Waals surface area contributed by atoms with E-state index in [0.29, 0.717) is 24.7 Å². The first kappa shape index (κ1) is 22.3. The van der Waals surface area contributed by atoms with Gasteiger partial charge in [-0.15, -0.1) is 12.4 Å². The Hall–Kier alpha value is -2.39. The highest BCUT2D eigenvalue weighted by Gasteiger charge is 2.27. The van der Waals surface area contributed by atoms with E-state index in [1.54, 1.807) is 22.9 Å². The molecule has 0 aliphatic carbocycles. The molecule has 0 radical (unpaired) electrons. The molecule has 1 aliphatic heterocycles. The predicted octanol–water partition coefficient (Wildman–Crippen LogP) is 2.55. The van der Waals surface area contributed by atoms with E-state index < -0.39 is 5.76 Å². The van der Waals surface area contributed by atoms with Gasteiger partial charge in [-0.1, -0.05) is 28.9 Å². The molecule has 30 heavy (non-hydrogen) atoms. The van der Waals surface area contributed by atoms with E-state index in [2.05, 4.69) is 20.0 Å². The van der Waals surface area contributed by atoms with Gasteiger partial charge in [0, 0.05) is 36.8 Å². The van der Waals surface area contributed by atoms with E-state index in [1.807, 2.05) is 25.1 Å². The molecule has 1 saturated heterocycles. The van der Waals surface area contributed by atoms with Gasteiger partial charge in [-0.3, -0.25) is 14.3 Å². The standard InChI is InChI=1S/C20H21ClN4O4.ClH/c1-12-9-13(4-5-16(12)21)17-14(10-22-6-8-28-17)11-25-7-2-3-15(19(25)26)18-23-20(27)29-24-18;/h2-5,7,9,14,17,22H,6,8,10-11H2,1H3,(H,23,24,27);1H. The maximum atomic E-state index is 13.0. The maximum Gasteiger partial charge on any atom is 0.439 e. The van der Waals surface area contributed by atoms with Gasteiger partial charge in [0.25, 0.3) is 5.56 Å². The smallest absolute Gasteiger partial charge is 0.372 e. The van der Waals surface area contributed by atoms with Crippen LogP contribution in [0.1, 0.15) is 17.2 Å². The molecule has 0 spiro atoms. The molecule has 2 N–H and O–H groups in total. The number of rotatable bonds is 4. The lowest BCUT2D eigenvalue weighted by Gasteiger charge is -2.26. The third kappa shape index (κ3) is 4.67. The SMILES string of the molecule is Cc1cc(C2OCCNCC2Cn2cccc(-c3noc(=O)[nH]3)c2=O)ccc1Cl.Cl. The van der Waals surface area contributed by atoms with E-state index >= 15 is 0 Å². The highest BCUT2D eigenvalue weighted by Crippen LogP contribution is 2.31. The van der Waals surface area contributed by atoms with E-state index in [1.165, 1.54) is 0 Å². The van der Waals surface area contributed by atoms with E-state index in [9.17, 15) is 9.59 Å². The number of hydrogen-bond donors (Lipinski definition) is 2. The number of nitrogens with one attached hydrogen (secondary N) is 2. The number of hydrogen-bond acceptors (Lipinski definition) is 6. The zero-order valence-corrected chi connectivity index (χ0v) is 17.8. The fourth-order valence-corrected chi connectivity index (χ4v) is 3.74. The Kier molecular flexibility index (Phi) is 7.14. The zero-order chi connectivity index (χ0) is 20.4. The van der Waals surface area contributed by atoms with Gasteiger partial charge in [0.2, 0.25) is 0 Å². The molecule has 2 unspecified atom stereocenters.